The zero-order valence-electron chi connectivity index (χ0n) is 6.26. The molecule has 2 nitrogen and oxygen atoms in total. The van der Waals surface area contributed by atoms with E-state index in [0.29, 0.717) is 12.6 Å². The molecule has 0 aromatic rings. The average molecular weight is 139 g/mol. The lowest BCUT2D eigenvalue weighted by molar-refractivity contribution is 0.0372. The van der Waals surface area contributed by atoms with Gasteiger partial charge < -0.3 is 0 Å². The zero-order chi connectivity index (χ0) is 7.40. The number of hydrogen-bond acceptors (Lipinski definition) is 2. The van der Waals surface area contributed by atoms with E-state index in [9.17, 15) is 0 Å². The van der Waals surface area contributed by atoms with Crippen molar-refractivity contribution in [2.75, 3.05) is 6.61 Å². The van der Waals surface area contributed by atoms with Crippen molar-refractivity contribution in [2.24, 2.45) is 5.92 Å². The van der Waals surface area contributed by atoms with Crippen LogP contribution in [0.2, 0.25) is 0 Å². The monoisotopic (exact) mass is 139 g/mol. The van der Waals surface area contributed by atoms with Gasteiger partial charge in [-0.1, -0.05) is 5.92 Å². The fourth-order valence-electron chi connectivity index (χ4n) is 0.907. The first-order valence-electron chi connectivity index (χ1n) is 3.65. The van der Waals surface area contributed by atoms with E-state index in [4.69, 9.17) is 11.3 Å². The molecule has 1 N–H and O–H groups in total. The van der Waals surface area contributed by atoms with Crippen molar-refractivity contribution in [3.05, 3.63) is 0 Å². The summed E-state index contributed by atoms with van der Waals surface area (Å²) in [7, 11) is 0. The molecule has 1 saturated carbocycles. The highest BCUT2D eigenvalue weighted by Crippen LogP contribution is 2.32. The maximum Gasteiger partial charge on any atom is 0.128 e. The molecule has 2 heteroatoms. The molecular formula is C8H13NO. The highest BCUT2D eigenvalue weighted by atomic mass is 16.6. The van der Waals surface area contributed by atoms with E-state index in [1.807, 2.05) is 0 Å². The number of hydrogen-bond donors (Lipinski definition) is 1. The Hall–Kier alpha value is -0.520. The van der Waals surface area contributed by atoms with Gasteiger partial charge in [-0.3, -0.25) is 4.84 Å². The van der Waals surface area contributed by atoms with Gasteiger partial charge in [0.15, 0.2) is 0 Å². The van der Waals surface area contributed by atoms with Crippen molar-refractivity contribution < 1.29 is 4.84 Å². The number of nitrogens with one attached hydrogen (secondary N) is 1. The first-order chi connectivity index (χ1) is 4.84. The molecule has 0 aliphatic heterocycles. The molecule has 0 amide bonds. The molecule has 1 unspecified atom stereocenters. The minimum atomic E-state index is 0.358. The molecule has 1 rings (SSSR count). The van der Waals surface area contributed by atoms with Crippen molar-refractivity contribution in [3.8, 4) is 12.3 Å². The Balaban J connectivity index is 1.96. The van der Waals surface area contributed by atoms with Gasteiger partial charge in [-0.05, 0) is 25.7 Å². The molecule has 56 valence electrons. The van der Waals surface area contributed by atoms with Crippen LogP contribution >= 0.6 is 0 Å². The van der Waals surface area contributed by atoms with Crippen molar-refractivity contribution >= 4 is 0 Å². The predicted molar refractivity (Wildman–Crippen MR) is 40.1 cm³/mol. The molecule has 1 atom stereocenters. The Bertz CT molecular complexity index is 135. The highest BCUT2D eigenvalue weighted by molar-refractivity contribution is 4.84. The molecule has 0 aromatic heterocycles. The van der Waals surface area contributed by atoms with E-state index in [2.05, 4.69) is 18.3 Å². The average Bonchev–Trinajstić information content (AvgIpc) is 2.69. The van der Waals surface area contributed by atoms with Gasteiger partial charge in [0.25, 0.3) is 0 Å². The standard InChI is InChI=1S/C8H13NO/c1-3-6-10-9-7(2)8-4-5-8/h1,7-9H,4-6H2,2H3. The van der Waals surface area contributed by atoms with E-state index in [-0.39, 0.29) is 0 Å². The van der Waals surface area contributed by atoms with E-state index < -0.39 is 0 Å². The Morgan fingerprint density at radius 3 is 3.00 bits per heavy atom. The van der Waals surface area contributed by atoms with Gasteiger partial charge in [-0.15, -0.1) is 6.42 Å². The third-order valence-corrected chi connectivity index (χ3v) is 1.75. The van der Waals surface area contributed by atoms with Gasteiger partial charge in [0.2, 0.25) is 0 Å². The number of hydroxylamine groups is 1. The summed E-state index contributed by atoms with van der Waals surface area (Å²) < 4.78 is 0. The van der Waals surface area contributed by atoms with E-state index >= 15 is 0 Å². The molecule has 0 heterocycles. The van der Waals surface area contributed by atoms with Crippen LogP contribution in [0, 0.1) is 18.3 Å². The van der Waals surface area contributed by atoms with E-state index in [1.165, 1.54) is 12.8 Å². The largest absolute Gasteiger partial charge is 0.289 e. The van der Waals surface area contributed by atoms with Crippen LogP contribution < -0.4 is 5.48 Å². The van der Waals surface area contributed by atoms with Crippen LogP contribution in [-0.2, 0) is 4.84 Å². The van der Waals surface area contributed by atoms with Crippen molar-refractivity contribution in [1.29, 1.82) is 0 Å². The third-order valence-electron chi connectivity index (χ3n) is 1.75. The summed E-state index contributed by atoms with van der Waals surface area (Å²) in [5.74, 6) is 3.22. The maximum absolute atomic E-state index is 4.99. The Morgan fingerprint density at radius 1 is 1.80 bits per heavy atom. The smallest absolute Gasteiger partial charge is 0.128 e. The fraction of sp³-hybridized carbons (Fsp3) is 0.750. The van der Waals surface area contributed by atoms with Crippen molar-refractivity contribution in [3.63, 3.8) is 0 Å². The Labute approximate surface area is 61.9 Å². The van der Waals surface area contributed by atoms with E-state index in [0.717, 1.165) is 5.92 Å². The van der Waals surface area contributed by atoms with Gasteiger partial charge in [-0.25, -0.2) is 0 Å². The predicted octanol–water partition coefficient (Wildman–Crippen LogP) is 0.939. The van der Waals surface area contributed by atoms with Crippen LogP contribution in [0.15, 0.2) is 0 Å². The molecule has 0 aromatic carbocycles. The Morgan fingerprint density at radius 2 is 2.50 bits per heavy atom. The zero-order valence-corrected chi connectivity index (χ0v) is 6.26. The molecule has 0 radical (unpaired) electrons. The lowest BCUT2D eigenvalue weighted by Gasteiger charge is -2.09. The van der Waals surface area contributed by atoms with Crippen molar-refractivity contribution in [1.82, 2.24) is 5.48 Å². The highest BCUT2D eigenvalue weighted by Gasteiger charge is 2.27. The topological polar surface area (TPSA) is 21.3 Å². The lowest BCUT2D eigenvalue weighted by Crippen LogP contribution is -2.28. The first-order valence-corrected chi connectivity index (χ1v) is 3.65. The summed E-state index contributed by atoms with van der Waals surface area (Å²) in [4.78, 5) is 4.96. The number of terminal acetylenes is 1. The molecule has 1 fully saturated rings. The fourth-order valence-corrected chi connectivity index (χ4v) is 0.907. The van der Waals surface area contributed by atoms with Crippen molar-refractivity contribution in [2.45, 2.75) is 25.8 Å². The van der Waals surface area contributed by atoms with Crippen LogP contribution in [0.4, 0.5) is 0 Å². The molecular weight excluding hydrogens is 126 g/mol. The van der Waals surface area contributed by atoms with Gasteiger partial charge in [0.05, 0.1) is 0 Å². The van der Waals surface area contributed by atoms with Gasteiger partial charge in [-0.2, -0.15) is 5.48 Å². The second-order valence-corrected chi connectivity index (χ2v) is 2.74. The second-order valence-electron chi connectivity index (χ2n) is 2.74. The lowest BCUT2D eigenvalue weighted by atomic mass is 10.2. The second kappa shape index (κ2) is 3.60. The van der Waals surface area contributed by atoms with Gasteiger partial charge in [0.1, 0.15) is 6.61 Å². The molecule has 1 aliphatic carbocycles. The SMILES string of the molecule is C#CCONC(C)C1CC1. The Kier molecular flexibility index (Phi) is 2.73. The normalized spacial score (nSPS) is 20.0. The quantitative estimate of drug-likeness (QED) is 0.355. The molecule has 1 aliphatic rings. The summed E-state index contributed by atoms with van der Waals surface area (Å²) >= 11 is 0. The first kappa shape index (κ1) is 7.59. The van der Waals surface area contributed by atoms with Crippen LogP contribution in [0.5, 0.6) is 0 Å². The molecule has 0 spiro atoms. The van der Waals surface area contributed by atoms with Crippen LogP contribution in [0.1, 0.15) is 19.8 Å². The minimum Gasteiger partial charge on any atom is -0.289 e. The summed E-state index contributed by atoms with van der Waals surface area (Å²) in [6.45, 7) is 2.48. The maximum atomic E-state index is 4.99. The van der Waals surface area contributed by atoms with Crippen LogP contribution in [-0.4, -0.2) is 12.6 Å². The minimum absolute atomic E-state index is 0.358. The summed E-state index contributed by atoms with van der Waals surface area (Å²) in [6.07, 6.45) is 7.65. The summed E-state index contributed by atoms with van der Waals surface area (Å²) in [5.41, 5.74) is 2.90. The van der Waals surface area contributed by atoms with Gasteiger partial charge >= 0.3 is 0 Å². The number of rotatable bonds is 4. The molecule has 10 heavy (non-hydrogen) atoms. The molecule has 0 bridgehead atoms. The summed E-state index contributed by atoms with van der Waals surface area (Å²) in [5, 5.41) is 0. The third kappa shape index (κ3) is 2.38. The summed E-state index contributed by atoms with van der Waals surface area (Å²) in [6, 6.07) is 0.466. The van der Waals surface area contributed by atoms with Crippen LogP contribution in [0.25, 0.3) is 0 Å². The van der Waals surface area contributed by atoms with Crippen LogP contribution in [0.3, 0.4) is 0 Å². The van der Waals surface area contributed by atoms with Gasteiger partial charge in [0, 0.05) is 6.04 Å². The molecule has 0 saturated heterocycles. The van der Waals surface area contributed by atoms with E-state index in [1.54, 1.807) is 0 Å².